The van der Waals surface area contributed by atoms with Crippen molar-refractivity contribution in [3.63, 3.8) is 0 Å². The van der Waals surface area contributed by atoms with Crippen molar-refractivity contribution in [1.29, 1.82) is 0 Å². The fraction of sp³-hybridized carbons (Fsp3) is 0.600. The molecule has 0 spiro atoms. The van der Waals surface area contributed by atoms with Crippen molar-refractivity contribution >= 4 is 15.7 Å². The first-order chi connectivity index (χ1) is 9.96. The number of nitrogens with one attached hydrogen (secondary N) is 1. The van der Waals surface area contributed by atoms with Gasteiger partial charge in [0.05, 0.1) is 18.4 Å². The third-order valence-electron chi connectivity index (χ3n) is 3.59. The van der Waals surface area contributed by atoms with Crippen molar-refractivity contribution < 1.29 is 13.2 Å². The quantitative estimate of drug-likeness (QED) is 0.906. The average Bonchev–Trinajstić information content (AvgIpc) is 2.47. The fourth-order valence-electron chi connectivity index (χ4n) is 2.43. The van der Waals surface area contributed by atoms with E-state index in [1.165, 1.54) is 0 Å². The lowest BCUT2D eigenvalue weighted by molar-refractivity contribution is -0.0170. The van der Waals surface area contributed by atoms with Gasteiger partial charge in [-0.15, -0.1) is 0 Å². The van der Waals surface area contributed by atoms with E-state index in [-0.39, 0.29) is 12.1 Å². The van der Waals surface area contributed by atoms with Crippen LogP contribution >= 0.6 is 0 Å². The molecule has 0 aromatic heterocycles. The number of para-hydroxylation sites is 1. The van der Waals surface area contributed by atoms with Gasteiger partial charge in [-0.2, -0.15) is 4.31 Å². The Kier molecular flexibility index (Phi) is 5.24. The first-order valence-electron chi connectivity index (χ1n) is 7.43. The molecule has 0 saturated carbocycles. The fourth-order valence-corrected chi connectivity index (χ4v) is 4.29. The van der Waals surface area contributed by atoms with E-state index in [9.17, 15) is 8.42 Å². The van der Waals surface area contributed by atoms with Crippen molar-refractivity contribution in [2.75, 3.05) is 25.0 Å². The second-order valence-electron chi connectivity index (χ2n) is 5.49. The number of hydrogen-bond donors (Lipinski definition) is 1. The monoisotopic (exact) mass is 312 g/mol. The summed E-state index contributed by atoms with van der Waals surface area (Å²) in [5.74, 6) is 0. The van der Waals surface area contributed by atoms with Gasteiger partial charge >= 0.3 is 0 Å². The second-order valence-corrected chi connectivity index (χ2v) is 7.35. The molecule has 0 aliphatic carbocycles. The summed E-state index contributed by atoms with van der Waals surface area (Å²) in [6, 6.07) is 6.95. The Morgan fingerprint density at radius 2 is 2.05 bits per heavy atom. The van der Waals surface area contributed by atoms with Gasteiger partial charge in [-0.1, -0.05) is 19.1 Å². The summed E-state index contributed by atoms with van der Waals surface area (Å²) in [5, 5.41) is 3.20. The third-order valence-corrected chi connectivity index (χ3v) is 5.63. The van der Waals surface area contributed by atoms with Gasteiger partial charge < -0.3 is 10.1 Å². The van der Waals surface area contributed by atoms with Crippen molar-refractivity contribution in [1.82, 2.24) is 4.31 Å². The van der Waals surface area contributed by atoms with Crippen LogP contribution in [-0.2, 0) is 14.8 Å². The zero-order valence-corrected chi connectivity index (χ0v) is 13.7. The first-order valence-corrected chi connectivity index (χ1v) is 8.87. The Hall–Kier alpha value is -1.11. The highest BCUT2D eigenvalue weighted by molar-refractivity contribution is 7.89. The van der Waals surface area contributed by atoms with E-state index in [1.807, 2.05) is 26.0 Å². The molecule has 5 nitrogen and oxygen atoms in total. The van der Waals surface area contributed by atoms with Crippen LogP contribution < -0.4 is 5.32 Å². The van der Waals surface area contributed by atoms with E-state index in [0.717, 1.165) is 13.0 Å². The Morgan fingerprint density at radius 1 is 1.33 bits per heavy atom. The Balaban J connectivity index is 2.34. The molecule has 0 amide bonds. The summed E-state index contributed by atoms with van der Waals surface area (Å²) >= 11 is 0. The minimum atomic E-state index is -3.51. The average molecular weight is 312 g/mol. The molecule has 1 aliphatic heterocycles. The summed E-state index contributed by atoms with van der Waals surface area (Å²) in [7, 11) is -3.51. The van der Waals surface area contributed by atoms with Crippen molar-refractivity contribution in [3.8, 4) is 0 Å². The van der Waals surface area contributed by atoms with Crippen molar-refractivity contribution in [3.05, 3.63) is 24.3 Å². The number of ether oxygens (including phenoxy) is 1. The van der Waals surface area contributed by atoms with Gasteiger partial charge in [0.25, 0.3) is 0 Å². The molecule has 1 aromatic rings. The highest BCUT2D eigenvalue weighted by Gasteiger charge is 2.35. The molecule has 1 N–H and O–H groups in total. The van der Waals surface area contributed by atoms with Gasteiger partial charge in [0.2, 0.25) is 10.0 Å². The van der Waals surface area contributed by atoms with Crippen LogP contribution in [0.4, 0.5) is 5.69 Å². The maximum Gasteiger partial charge on any atom is 0.245 e. The van der Waals surface area contributed by atoms with E-state index < -0.39 is 10.0 Å². The summed E-state index contributed by atoms with van der Waals surface area (Å²) in [4.78, 5) is 0.347. The molecule has 1 heterocycles. The zero-order valence-electron chi connectivity index (χ0n) is 12.9. The van der Waals surface area contributed by atoms with Crippen LogP contribution in [0.25, 0.3) is 0 Å². The Labute approximate surface area is 127 Å². The number of hydrogen-bond acceptors (Lipinski definition) is 4. The van der Waals surface area contributed by atoms with Crippen LogP contribution in [0.15, 0.2) is 29.2 Å². The molecule has 118 valence electrons. The standard InChI is InChI=1S/C15H24N2O3S/c1-4-9-16-14-7-5-6-8-15(14)21(18,19)17-10-13(3)20-11-12(17)2/h5-8,12-13,16H,4,9-11H2,1-3H3. The molecule has 1 saturated heterocycles. The van der Waals surface area contributed by atoms with Gasteiger partial charge in [-0.05, 0) is 32.4 Å². The van der Waals surface area contributed by atoms with Gasteiger partial charge in [0.15, 0.2) is 0 Å². The highest BCUT2D eigenvalue weighted by Crippen LogP contribution is 2.27. The summed E-state index contributed by atoms with van der Waals surface area (Å²) in [6.07, 6.45) is 0.867. The van der Waals surface area contributed by atoms with Crippen LogP contribution in [0.5, 0.6) is 0 Å². The first kappa shape index (κ1) is 16.3. The molecule has 2 atom stereocenters. The predicted molar refractivity (Wildman–Crippen MR) is 84.0 cm³/mol. The SMILES string of the molecule is CCCNc1ccccc1S(=O)(=O)N1CC(C)OCC1C. The number of nitrogens with zero attached hydrogens (tertiary/aromatic N) is 1. The lowest BCUT2D eigenvalue weighted by Gasteiger charge is -2.36. The summed E-state index contributed by atoms with van der Waals surface area (Å²) in [6.45, 7) is 7.41. The highest BCUT2D eigenvalue weighted by atomic mass is 32.2. The van der Waals surface area contributed by atoms with Gasteiger partial charge in [0, 0.05) is 19.1 Å². The molecule has 1 fully saturated rings. The van der Waals surface area contributed by atoms with E-state index >= 15 is 0 Å². The normalized spacial score (nSPS) is 24.0. The maximum atomic E-state index is 13.0. The van der Waals surface area contributed by atoms with Crippen LogP contribution in [0.1, 0.15) is 27.2 Å². The maximum absolute atomic E-state index is 13.0. The lowest BCUT2D eigenvalue weighted by atomic mass is 10.2. The molecule has 1 aliphatic rings. The predicted octanol–water partition coefficient (Wildman–Crippen LogP) is 2.31. The molecular weight excluding hydrogens is 288 g/mol. The largest absolute Gasteiger partial charge is 0.384 e. The van der Waals surface area contributed by atoms with Gasteiger partial charge in [0.1, 0.15) is 4.90 Å². The molecular formula is C15H24N2O3S. The number of rotatable bonds is 5. The van der Waals surface area contributed by atoms with Gasteiger partial charge in [-0.3, -0.25) is 0 Å². The van der Waals surface area contributed by atoms with Crippen molar-refractivity contribution in [2.24, 2.45) is 0 Å². The topological polar surface area (TPSA) is 58.6 Å². The lowest BCUT2D eigenvalue weighted by Crippen LogP contribution is -2.50. The summed E-state index contributed by atoms with van der Waals surface area (Å²) < 4.78 is 33.0. The number of benzene rings is 1. The van der Waals surface area contributed by atoms with Gasteiger partial charge in [-0.25, -0.2) is 8.42 Å². The molecule has 1 aromatic carbocycles. The molecule has 21 heavy (non-hydrogen) atoms. The zero-order chi connectivity index (χ0) is 15.5. The smallest absolute Gasteiger partial charge is 0.245 e. The number of anilines is 1. The molecule has 2 rings (SSSR count). The van der Waals surface area contributed by atoms with Crippen molar-refractivity contribution in [2.45, 2.75) is 44.2 Å². The Morgan fingerprint density at radius 3 is 2.76 bits per heavy atom. The molecule has 0 radical (unpaired) electrons. The molecule has 0 bridgehead atoms. The molecule has 6 heteroatoms. The van der Waals surface area contributed by atoms with E-state index in [4.69, 9.17) is 4.74 Å². The molecule has 2 unspecified atom stereocenters. The van der Waals surface area contributed by atoms with E-state index in [0.29, 0.717) is 23.7 Å². The second kappa shape index (κ2) is 6.77. The Bertz CT molecular complexity index is 574. The minimum absolute atomic E-state index is 0.0771. The third kappa shape index (κ3) is 3.56. The van der Waals surface area contributed by atoms with E-state index in [1.54, 1.807) is 16.4 Å². The number of sulfonamides is 1. The van der Waals surface area contributed by atoms with Crippen LogP contribution in [0.2, 0.25) is 0 Å². The van der Waals surface area contributed by atoms with Crippen LogP contribution in [0, 0.1) is 0 Å². The van der Waals surface area contributed by atoms with Crippen LogP contribution in [-0.4, -0.2) is 44.6 Å². The number of morpholine rings is 1. The van der Waals surface area contributed by atoms with E-state index in [2.05, 4.69) is 12.2 Å². The minimum Gasteiger partial charge on any atom is -0.384 e. The van der Waals surface area contributed by atoms with Crippen LogP contribution in [0.3, 0.4) is 0 Å². The summed E-state index contributed by atoms with van der Waals surface area (Å²) in [5.41, 5.74) is 0.672.